The van der Waals surface area contributed by atoms with Crippen LogP contribution in [0.15, 0.2) is 29.2 Å². The second-order valence-electron chi connectivity index (χ2n) is 4.79. The Morgan fingerprint density at radius 3 is 2.80 bits per heavy atom. The van der Waals surface area contributed by atoms with Crippen molar-refractivity contribution < 1.29 is 19.0 Å². The van der Waals surface area contributed by atoms with Crippen molar-refractivity contribution in [3.05, 3.63) is 30.1 Å². The van der Waals surface area contributed by atoms with Crippen LogP contribution in [0, 0.1) is 5.82 Å². The Hall–Kier alpha value is -1.11. The zero-order chi connectivity index (χ0) is 14.5. The van der Waals surface area contributed by atoms with Crippen LogP contribution < -0.4 is 0 Å². The van der Waals surface area contributed by atoms with E-state index in [4.69, 9.17) is 9.84 Å². The third kappa shape index (κ3) is 4.19. The van der Waals surface area contributed by atoms with Crippen molar-refractivity contribution in [1.29, 1.82) is 0 Å². The van der Waals surface area contributed by atoms with E-state index in [0.29, 0.717) is 18.8 Å². The van der Waals surface area contributed by atoms with Gasteiger partial charge in [-0.25, -0.2) is 4.39 Å². The van der Waals surface area contributed by atoms with E-state index in [-0.39, 0.29) is 30.5 Å². The maximum absolute atomic E-state index is 12.8. The standard InChI is InChI=1S/C14H18FNO3S/c1-10-6-16(7-12(8-17)19-10)14(18)9-20-13-4-2-11(15)3-5-13/h2-5,10,12,17H,6-9H2,1H3. The van der Waals surface area contributed by atoms with Gasteiger partial charge in [0.25, 0.3) is 0 Å². The predicted molar refractivity (Wildman–Crippen MR) is 75.1 cm³/mol. The van der Waals surface area contributed by atoms with E-state index >= 15 is 0 Å². The van der Waals surface area contributed by atoms with E-state index in [1.165, 1.54) is 23.9 Å². The molecule has 1 amide bonds. The molecule has 2 atom stereocenters. The third-order valence-electron chi connectivity index (χ3n) is 3.06. The summed E-state index contributed by atoms with van der Waals surface area (Å²) in [4.78, 5) is 14.7. The summed E-state index contributed by atoms with van der Waals surface area (Å²) in [5.41, 5.74) is 0. The number of aliphatic hydroxyl groups is 1. The predicted octanol–water partition coefficient (Wildman–Crippen LogP) is 1.53. The van der Waals surface area contributed by atoms with Gasteiger partial charge in [0.05, 0.1) is 24.6 Å². The molecule has 1 aromatic carbocycles. The summed E-state index contributed by atoms with van der Waals surface area (Å²) in [5.74, 6) is 0.0256. The van der Waals surface area contributed by atoms with Crippen molar-refractivity contribution in [1.82, 2.24) is 4.90 Å². The largest absolute Gasteiger partial charge is 0.394 e. The minimum atomic E-state index is -0.307. The second kappa shape index (κ2) is 7.06. The quantitative estimate of drug-likeness (QED) is 0.857. The van der Waals surface area contributed by atoms with Crippen LogP contribution in [0.5, 0.6) is 0 Å². The number of benzene rings is 1. The lowest BCUT2D eigenvalue weighted by Gasteiger charge is -2.36. The number of aliphatic hydroxyl groups excluding tert-OH is 1. The van der Waals surface area contributed by atoms with Gasteiger partial charge in [0.1, 0.15) is 5.82 Å². The van der Waals surface area contributed by atoms with Crippen LogP contribution in [0.2, 0.25) is 0 Å². The number of amides is 1. The van der Waals surface area contributed by atoms with Crippen molar-refractivity contribution in [3.8, 4) is 0 Å². The molecule has 0 bridgehead atoms. The molecule has 110 valence electrons. The fourth-order valence-corrected chi connectivity index (χ4v) is 2.92. The summed E-state index contributed by atoms with van der Waals surface area (Å²) >= 11 is 1.38. The fourth-order valence-electron chi connectivity index (χ4n) is 2.12. The average Bonchev–Trinajstić information content (AvgIpc) is 2.45. The summed E-state index contributed by atoms with van der Waals surface area (Å²) in [6.07, 6.45) is -0.376. The molecular weight excluding hydrogens is 281 g/mol. The highest BCUT2D eigenvalue weighted by Crippen LogP contribution is 2.20. The van der Waals surface area contributed by atoms with Crippen molar-refractivity contribution in [2.75, 3.05) is 25.4 Å². The van der Waals surface area contributed by atoms with E-state index < -0.39 is 0 Å². The minimum Gasteiger partial charge on any atom is -0.394 e. The molecule has 1 aliphatic rings. The van der Waals surface area contributed by atoms with Crippen LogP contribution in [0.4, 0.5) is 4.39 Å². The maximum Gasteiger partial charge on any atom is 0.233 e. The van der Waals surface area contributed by atoms with Crippen LogP contribution in [-0.2, 0) is 9.53 Å². The van der Waals surface area contributed by atoms with Gasteiger partial charge < -0.3 is 14.7 Å². The van der Waals surface area contributed by atoms with Crippen LogP contribution in [0.25, 0.3) is 0 Å². The number of halogens is 1. The molecule has 2 rings (SSSR count). The normalized spacial score (nSPS) is 22.9. The molecule has 0 radical (unpaired) electrons. The molecule has 0 aliphatic carbocycles. The van der Waals surface area contributed by atoms with Crippen molar-refractivity contribution in [3.63, 3.8) is 0 Å². The Labute approximate surface area is 121 Å². The number of hydrogen-bond acceptors (Lipinski definition) is 4. The van der Waals surface area contributed by atoms with Gasteiger partial charge in [-0.1, -0.05) is 0 Å². The zero-order valence-electron chi connectivity index (χ0n) is 11.3. The molecule has 1 heterocycles. The first-order valence-corrected chi connectivity index (χ1v) is 7.49. The Bertz CT molecular complexity index is 454. The number of ether oxygens (including phenoxy) is 1. The number of nitrogens with zero attached hydrogens (tertiary/aromatic N) is 1. The van der Waals surface area contributed by atoms with Gasteiger partial charge in [0, 0.05) is 18.0 Å². The molecule has 1 aliphatic heterocycles. The van der Waals surface area contributed by atoms with Crippen molar-refractivity contribution >= 4 is 17.7 Å². The van der Waals surface area contributed by atoms with Crippen LogP contribution in [0.3, 0.4) is 0 Å². The SMILES string of the molecule is CC1CN(C(=O)CSc2ccc(F)cc2)CC(CO)O1. The zero-order valence-corrected chi connectivity index (χ0v) is 12.1. The molecule has 6 heteroatoms. The number of carbonyl (C=O) groups is 1. The molecule has 0 aromatic heterocycles. The lowest BCUT2D eigenvalue weighted by Crippen LogP contribution is -2.50. The maximum atomic E-state index is 12.8. The topological polar surface area (TPSA) is 49.8 Å². The molecule has 1 fully saturated rings. The fraction of sp³-hybridized carbons (Fsp3) is 0.500. The first-order chi connectivity index (χ1) is 9.58. The smallest absolute Gasteiger partial charge is 0.233 e. The number of hydrogen-bond donors (Lipinski definition) is 1. The molecule has 0 spiro atoms. The number of thioether (sulfide) groups is 1. The van der Waals surface area contributed by atoms with Gasteiger partial charge in [0.15, 0.2) is 0 Å². The lowest BCUT2D eigenvalue weighted by molar-refractivity contribution is -0.144. The molecule has 20 heavy (non-hydrogen) atoms. The van der Waals surface area contributed by atoms with Crippen molar-refractivity contribution in [2.45, 2.75) is 24.0 Å². The molecule has 1 saturated heterocycles. The lowest BCUT2D eigenvalue weighted by atomic mass is 10.2. The second-order valence-corrected chi connectivity index (χ2v) is 5.84. The Kier molecular flexibility index (Phi) is 5.39. The van der Waals surface area contributed by atoms with Crippen LogP contribution in [-0.4, -0.2) is 53.6 Å². The molecule has 1 aromatic rings. The molecule has 2 unspecified atom stereocenters. The highest BCUT2D eigenvalue weighted by Gasteiger charge is 2.27. The number of carbonyl (C=O) groups excluding carboxylic acids is 1. The van der Waals surface area contributed by atoms with E-state index in [1.807, 2.05) is 6.92 Å². The minimum absolute atomic E-state index is 0.00734. The van der Waals surface area contributed by atoms with Crippen LogP contribution in [0.1, 0.15) is 6.92 Å². The van der Waals surface area contributed by atoms with Crippen molar-refractivity contribution in [2.24, 2.45) is 0 Å². The van der Waals surface area contributed by atoms with E-state index in [1.54, 1.807) is 17.0 Å². The van der Waals surface area contributed by atoms with E-state index in [9.17, 15) is 9.18 Å². The molecular formula is C14H18FNO3S. The van der Waals surface area contributed by atoms with Gasteiger partial charge >= 0.3 is 0 Å². The Morgan fingerprint density at radius 1 is 1.45 bits per heavy atom. The van der Waals surface area contributed by atoms with Gasteiger partial charge in [-0.05, 0) is 31.2 Å². The number of rotatable bonds is 4. The molecule has 4 nitrogen and oxygen atoms in total. The molecule has 0 saturated carbocycles. The number of morpholine rings is 1. The summed E-state index contributed by atoms with van der Waals surface area (Å²) in [5, 5.41) is 9.14. The Morgan fingerprint density at radius 2 is 2.15 bits per heavy atom. The third-order valence-corrected chi connectivity index (χ3v) is 4.06. The summed E-state index contributed by atoms with van der Waals surface area (Å²) in [6.45, 7) is 2.76. The van der Waals surface area contributed by atoms with Gasteiger partial charge in [-0.15, -0.1) is 11.8 Å². The average molecular weight is 299 g/mol. The summed E-state index contributed by atoms with van der Waals surface area (Å²) in [6, 6.07) is 6.08. The van der Waals surface area contributed by atoms with Gasteiger partial charge in [0.2, 0.25) is 5.91 Å². The van der Waals surface area contributed by atoms with E-state index in [0.717, 1.165) is 4.90 Å². The first-order valence-electron chi connectivity index (χ1n) is 6.51. The highest BCUT2D eigenvalue weighted by atomic mass is 32.2. The first kappa shape index (κ1) is 15.3. The Balaban J connectivity index is 1.86. The highest BCUT2D eigenvalue weighted by molar-refractivity contribution is 8.00. The van der Waals surface area contributed by atoms with E-state index in [2.05, 4.69) is 0 Å². The van der Waals surface area contributed by atoms with Gasteiger partial charge in [-0.3, -0.25) is 4.79 Å². The van der Waals surface area contributed by atoms with Gasteiger partial charge in [-0.2, -0.15) is 0 Å². The summed E-state index contributed by atoms with van der Waals surface area (Å²) < 4.78 is 18.3. The summed E-state index contributed by atoms with van der Waals surface area (Å²) in [7, 11) is 0. The van der Waals surface area contributed by atoms with Crippen LogP contribution >= 0.6 is 11.8 Å². The monoisotopic (exact) mass is 299 g/mol. The molecule has 1 N–H and O–H groups in total.